The first-order chi connectivity index (χ1) is 13.7. The van der Waals surface area contributed by atoms with Crippen molar-refractivity contribution in [2.75, 3.05) is 32.7 Å². The molecule has 2 heterocycles. The Kier molecular flexibility index (Phi) is 5.26. The summed E-state index contributed by atoms with van der Waals surface area (Å²) in [6.45, 7) is 8.60. The normalized spacial score (nSPS) is 15.0. The molecule has 0 saturated carbocycles. The summed E-state index contributed by atoms with van der Waals surface area (Å²) < 4.78 is 1.80. The van der Waals surface area contributed by atoms with Crippen molar-refractivity contribution >= 4 is 5.91 Å². The lowest BCUT2D eigenvalue weighted by Crippen LogP contribution is -2.48. The largest absolute Gasteiger partial charge is 0.335 e. The molecule has 0 atom stereocenters. The van der Waals surface area contributed by atoms with Crippen molar-refractivity contribution in [2.45, 2.75) is 13.8 Å². The monoisotopic (exact) mass is 374 g/mol. The van der Waals surface area contributed by atoms with E-state index in [-0.39, 0.29) is 5.91 Å². The predicted octanol–water partition coefficient (Wildman–Crippen LogP) is 3.63. The van der Waals surface area contributed by atoms with E-state index in [9.17, 15) is 4.79 Å². The standard InChI is InChI=1S/C23H26N4O/c1-3-25-12-14-26(15-13-25)23(28)22-17-21(19-9-5-4-6-10-19)24-27(22)20-11-7-8-18(2)16-20/h4-11,16-17H,3,12-15H2,1-2H3. The number of amides is 1. The van der Waals surface area contributed by atoms with Gasteiger partial charge in [0, 0.05) is 31.7 Å². The van der Waals surface area contributed by atoms with E-state index in [0.29, 0.717) is 5.69 Å². The Bertz CT molecular complexity index is 956. The molecule has 28 heavy (non-hydrogen) atoms. The molecule has 0 radical (unpaired) electrons. The minimum absolute atomic E-state index is 0.0481. The maximum atomic E-state index is 13.4. The smallest absolute Gasteiger partial charge is 0.272 e. The van der Waals surface area contributed by atoms with Crippen molar-refractivity contribution in [1.29, 1.82) is 0 Å². The van der Waals surface area contributed by atoms with Crippen molar-refractivity contribution in [3.63, 3.8) is 0 Å². The summed E-state index contributed by atoms with van der Waals surface area (Å²) in [7, 11) is 0. The number of carbonyl (C=O) groups is 1. The third-order valence-corrected chi connectivity index (χ3v) is 5.35. The number of aryl methyl sites for hydroxylation is 1. The van der Waals surface area contributed by atoms with E-state index in [4.69, 9.17) is 5.10 Å². The van der Waals surface area contributed by atoms with Crippen molar-refractivity contribution in [2.24, 2.45) is 0 Å². The predicted molar refractivity (Wildman–Crippen MR) is 112 cm³/mol. The molecular weight excluding hydrogens is 348 g/mol. The van der Waals surface area contributed by atoms with Gasteiger partial charge in [-0.25, -0.2) is 4.68 Å². The third kappa shape index (κ3) is 3.71. The number of hydrogen-bond donors (Lipinski definition) is 0. The van der Waals surface area contributed by atoms with E-state index in [1.807, 2.05) is 53.4 Å². The van der Waals surface area contributed by atoms with Gasteiger partial charge in [0.1, 0.15) is 5.69 Å². The number of carbonyl (C=O) groups excluding carboxylic acids is 1. The third-order valence-electron chi connectivity index (χ3n) is 5.35. The Morgan fingerprint density at radius 3 is 2.39 bits per heavy atom. The summed E-state index contributed by atoms with van der Waals surface area (Å²) >= 11 is 0. The molecule has 4 rings (SSSR count). The Balaban J connectivity index is 1.72. The zero-order chi connectivity index (χ0) is 19.5. The molecule has 1 aliphatic rings. The number of benzene rings is 2. The summed E-state index contributed by atoms with van der Waals surface area (Å²) in [4.78, 5) is 17.7. The molecule has 144 valence electrons. The fourth-order valence-electron chi connectivity index (χ4n) is 3.67. The van der Waals surface area contributed by atoms with E-state index >= 15 is 0 Å². The van der Waals surface area contributed by atoms with Crippen LogP contribution in [-0.2, 0) is 0 Å². The summed E-state index contributed by atoms with van der Waals surface area (Å²) in [5.41, 5.74) is 4.51. The van der Waals surface area contributed by atoms with E-state index in [1.165, 1.54) is 0 Å². The molecule has 1 aliphatic heterocycles. The van der Waals surface area contributed by atoms with Gasteiger partial charge in [0.15, 0.2) is 0 Å². The number of aromatic nitrogens is 2. The highest BCUT2D eigenvalue weighted by atomic mass is 16.2. The van der Waals surface area contributed by atoms with Crippen LogP contribution in [0.25, 0.3) is 16.9 Å². The van der Waals surface area contributed by atoms with Crippen LogP contribution in [0.4, 0.5) is 0 Å². The van der Waals surface area contributed by atoms with Gasteiger partial charge in [-0.05, 0) is 37.2 Å². The van der Waals surface area contributed by atoms with Gasteiger partial charge in [0.05, 0.1) is 11.4 Å². The molecular formula is C23H26N4O. The fraction of sp³-hybridized carbons (Fsp3) is 0.304. The summed E-state index contributed by atoms with van der Waals surface area (Å²) in [5, 5.41) is 4.80. The molecule has 1 aromatic heterocycles. The van der Waals surface area contributed by atoms with Crippen LogP contribution >= 0.6 is 0 Å². The van der Waals surface area contributed by atoms with E-state index in [0.717, 1.165) is 55.2 Å². The van der Waals surface area contributed by atoms with Crippen molar-refractivity contribution in [1.82, 2.24) is 19.6 Å². The Labute approximate surface area is 166 Å². The molecule has 5 nitrogen and oxygen atoms in total. The first-order valence-electron chi connectivity index (χ1n) is 9.90. The van der Waals surface area contributed by atoms with Crippen LogP contribution in [0.2, 0.25) is 0 Å². The maximum absolute atomic E-state index is 13.4. The Hall–Kier alpha value is -2.92. The summed E-state index contributed by atoms with van der Waals surface area (Å²) in [5.74, 6) is 0.0481. The molecule has 3 aromatic rings. The van der Waals surface area contributed by atoms with Gasteiger partial charge in [-0.15, -0.1) is 0 Å². The minimum Gasteiger partial charge on any atom is -0.335 e. The van der Waals surface area contributed by atoms with Crippen molar-refractivity contribution < 1.29 is 4.79 Å². The summed E-state index contributed by atoms with van der Waals surface area (Å²) in [6.07, 6.45) is 0. The van der Waals surface area contributed by atoms with E-state index in [2.05, 4.69) is 30.9 Å². The molecule has 0 bridgehead atoms. The zero-order valence-electron chi connectivity index (χ0n) is 16.5. The van der Waals surface area contributed by atoms with Crippen LogP contribution in [0.1, 0.15) is 23.0 Å². The van der Waals surface area contributed by atoms with Crippen molar-refractivity contribution in [3.05, 3.63) is 71.9 Å². The van der Waals surface area contributed by atoms with Crippen LogP contribution in [0.5, 0.6) is 0 Å². The van der Waals surface area contributed by atoms with E-state index < -0.39 is 0 Å². The lowest BCUT2D eigenvalue weighted by molar-refractivity contribution is 0.0634. The highest BCUT2D eigenvalue weighted by molar-refractivity contribution is 5.94. The molecule has 1 saturated heterocycles. The van der Waals surface area contributed by atoms with Gasteiger partial charge in [-0.2, -0.15) is 5.10 Å². The van der Waals surface area contributed by atoms with Gasteiger partial charge >= 0.3 is 0 Å². The Morgan fingerprint density at radius 2 is 1.71 bits per heavy atom. The van der Waals surface area contributed by atoms with Crippen LogP contribution in [0.3, 0.4) is 0 Å². The van der Waals surface area contributed by atoms with Gasteiger partial charge in [0.25, 0.3) is 5.91 Å². The van der Waals surface area contributed by atoms with Crippen LogP contribution in [0.15, 0.2) is 60.7 Å². The first-order valence-corrected chi connectivity index (χ1v) is 9.90. The number of nitrogens with zero attached hydrogens (tertiary/aromatic N) is 4. The zero-order valence-corrected chi connectivity index (χ0v) is 16.5. The maximum Gasteiger partial charge on any atom is 0.272 e. The Morgan fingerprint density at radius 1 is 0.964 bits per heavy atom. The molecule has 0 unspecified atom stereocenters. The van der Waals surface area contributed by atoms with Gasteiger partial charge in [-0.3, -0.25) is 4.79 Å². The molecule has 0 spiro atoms. The average Bonchev–Trinajstić information content (AvgIpc) is 3.19. The number of hydrogen-bond acceptors (Lipinski definition) is 3. The van der Waals surface area contributed by atoms with Crippen molar-refractivity contribution in [3.8, 4) is 16.9 Å². The van der Waals surface area contributed by atoms with Crippen LogP contribution in [-0.4, -0.2) is 58.2 Å². The molecule has 0 N–H and O–H groups in total. The lowest BCUT2D eigenvalue weighted by Gasteiger charge is -2.34. The second kappa shape index (κ2) is 7.98. The van der Waals surface area contributed by atoms with Gasteiger partial charge in [0.2, 0.25) is 0 Å². The minimum atomic E-state index is 0.0481. The number of likely N-dealkylation sites (N-methyl/N-ethyl adjacent to an activating group) is 1. The molecule has 2 aromatic carbocycles. The van der Waals surface area contributed by atoms with Gasteiger partial charge in [-0.1, -0.05) is 49.4 Å². The molecule has 1 fully saturated rings. The second-order valence-electron chi connectivity index (χ2n) is 7.26. The first kappa shape index (κ1) is 18.4. The number of rotatable bonds is 4. The highest BCUT2D eigenvalue weighted by Gasteiger charge is 2.25. The number of piperazine rings is 1. The fourth-order valence-corrected chi connectivity index (χ4v) is 3.67. The average molecular weight is 374 g/mol. The lowest BCUT2D eigenvalue weighted by atomic mass is 10.1. The topological polar surface area (TPSA) is 41.4 Å². The summed E-state index contributed by atoms with van der Waals surface area (Å²) in [6, 6.07) is 20.1. The quantitative estimate of drug-likeness (QED) is 0.700. The molecule has 1 amide bonds. The molecule has 5 heteroatoms. The molecule has 0 aliphatic carbocycles. The van der Waals surface area contributed by atoms with Crippen LogP contribution in [0, 0.1) is 6.92 Å². The van der Waals surface area contributed by atoms with Gasteiger partial charge < -0.3 is 9.80 Å². The van der Waals surface area contributed by atoms with Crippen LogP contribution < -0.4 is 0 Å². The van der Waals surface area contributed by atoms with E-state index in [1.54, 1.807) is 4.68 Å². The highest BCUT2D eigenvalue weighted by Crippen LogP contribution is 2.23. The second-order valence-corrected chi connectivity index (χ2v) is 7.26. The SMILES string of the molecule is CCN1CCN(C(=O)c2cc(-c3ccccc3)nn2-c2cccc(C)c2)CC1.